The Kier molecular flexibility index (Phi) is 4.53. The molecule has 0 nitrogen and oxygen atoms in total. The van der Waals surface area contributed by atoms with E-state index in [0.717, 1.165) is 11.2 Å². The van der Waals surface area contributed by atoms with Gasteiger partial charge < -0.3 is 0 Å². The normalized spacial score (nSPS) is 15.5. The Balaban J connectivity index is 3.54. The predicted molar refractivity (Wildman–Crippen MR) is 56.2 cm³/mol. The summed E-state index contributed by atoms with van der Waals surface area (Å²) in [7, 11) is 0. The monoisotopic (exact) mass is 174 g/mol. The minimum absolute atomic E-state index is 0.480. The molecule has 0 bridgehead atoms. The van der Waals surface area contributed by atoms with E-state index in [9.17, 15) is 0 Å². The molecule has 0 radical (unpaired) electrons. The van der Waals surface area contributed by atoms with E-state index in [1.807, 2.05) is 0 Å². The molecule has 0 aromatic carbocycles. The summed E-state index contributed by atoms with van der Waals surface area (Å²) in [6, 6.07) is 0. The van der Waals surface area contributed by atoms with Gasteiger partial charge in [-0.05, 0) is 17.1 Å². The summed E-state index contributed by atoms with van der Waals surface area (Å²) in [5.41, 5.74) is 0.480. The van der Waals surface area contributed by atoms with Crippen molar-refractivity contribution >= 4 is 11.8 Å². The molecule has 1 atom stereocenters. The van der Waals surface area contributed by atoms with Gasteiger partial charge in [0.15, 0.2) is 0 Å². The van der Waals surface area contributed by atoms with Crippen LogP contribution in [0.2, 0.25) is 0 Å². The van der Waals surface area contributed by atoms with Gasteiger partial charge in [0.2, 0.25) is 0 Å². The molecule has 1 unspecified atom stereocenters. The lowest BCUT2D eigenvalue weighted by atomic mass is 10.0. The van der Waals surface area contributed by atoms with Crippen molar-refractivity contribution in [3.8, 4) is 0 Å². The molecule has 0 aromatic rings. The molecule has 0 amide bonds. The zero-order valence-corrected chi connectivity index (χ0v) is 9.59. The minimum Gasteiger partial charge on any atom is -0.158 e. The minimum atomic E-state index is 0.480. The van der Waals surface area contributed by atoms with Crippen LogP contribution >= 0.6 is 11.8 Å². The van der Waals surface area contributed by atoms with Crippen LogP contribution in [0, 0.1) is 11.3 Å². The van der Waals surface area contributed by atoms with Gasteiger partial charge in [-0.2, -0.15) is 11.8 Å². The lowest BCUT2D eigenvalue weighted by molar-refractivity contribution is 0.478. The highest BCUT2D eigenvalue weighted by molar-refractivity contribution is 7.99. The summed E-state index contributed by atoms with van der Waals surface area (Å²) in [6.07, 6.45) is 0. The van der Waals surface area contributed by atoms with Gasteiger partial charge in [0, 0.05) is 5.25 Å². The van der Waals surface area contributed by atoms with Crippen molar-refractivity contribution in [1.29, 1.82) is 0 Å². The van der Waals surface area contributed by atoms with Crippen molar-refractivity contribution < 1.29 is 0 Å². The zero-order valence-electron chi connectivity index (χ0n) is 8.77. The Bertz CT molecular complexity index is 99.9. The van der Waals surface area contributed by atoms with Gasteiger partial charge in [-0.1, -0.05) is 41.5 Å². The first-order valence-electron chi connectivity index (χ1n) is 4.44. The molecule has 0 saturated heterocycles. The van der Waals surface area contributed by atoms with Crippen molar-refractivity contribution in [3.05, 3.63) is 0 Å². The van der Waals surface area contributed by atoms with Crippen molar-refractivity contribution in [1.82, 2.24) is 0 Å². The van der Waals surface area contributed by atoms with Crippen LogP contribution in [0.5, 0.6) is 0 Å². The zero-order chi connectivity index (χ0) is 9.07. The fraction of sp³-hybridized carbons (Fsp3) is 1.00. The second-order valence-corrected chi connectivity index (χ2v) is 6.19. The summed E-state index contributed by atoms with van der Waals surface area (Å²) in [6.45, 7) is 13.8. The van der Waals surface area contributed by atoms with Crippen LogP contribution in [-0.4, -0.2) is 11.0 Å². The summed E-state index contributed by atoms with van der Waals surface area (Å²) < 4.78 is 0. The summed E-state index contributed by atoms with van der Waals surface area (Å²) in [5.74, 6) is 2.08. The number of rotatable bonds is 3. The number of thioether (sulfide) groups is 1. The SMILES string of the molecule is CC(C)C(C)SCC(C)(C)C. The van der Waals surface area contributed by atoms with Crippen LogP contribution in [0.1, 0.15) is 41.5 Å². The molecule has 0 N–H and O–H groups in total. The molecule has 1 heteroatoms. The standard InChI is InChI=1S/C10H22S/c1-8(2)9(3)11-7-10(4,5)6/h8-9H,7H2,1-6H3. The quantitative estimate of drug-likeness (QED) is 0.627. The lowest BCUT2D eigenvalue weighted by Gasteiger charge is -2.22. The van der Waals surface area contributed by atoms with Crippen molar-refractivity contribution in [2.45, 2.75) is 46.8 Å². The molecular formula is C10H22S. The molecule has 0 saturated carbocycles. The van der Waals surface area contributed by atoms with E-state index in [4.69, 9.17) is 0 Å². The molecule has 11 heavy (non-hydrogen) atoms. The molecule has 0 aliphatic carbocycles. The second-order valence-electron chi connectivity index (χ2n) is 4.82. The number of hydrogen-bond donors (Lipinski definition) is 0. The third kappa shape index (κ3) is 6.74. The van der Waals surface area contributed by atoms with Crippen LogP contribution in [-0.2, 0) is 0 Å². The molecule has 0 aromatic heterocycles. The highest BCUT2D eigenvalue weighted by Crippen LogP contribution is 2.26. The summed E-state index contributed by atoms with van der Waals surface area (Å²) in [5, 5.41) is 0.800. The molecular weight excluding hydrogens is 152 g/mol. The maximum absolute atomic E-state index is 2.32. The predicted octanol–water partition coefficient (Wildman–Crippen LogP) is 3.81. The Morgan fingerprint density at radius 1 is 1.09 bits per heavy atom. The Morgan fingerprint density at radius 3 is 1.82 bits per heavy atom. The van der Waals surface area contributed by atoms with E-state index in [2.05, 4.69) is 53.3 Å². The lowest BCUT2D eigenvalue weighted by Crippen LogP contribution is -2.14. The van der Waals surface area contributed by atoms with Gasteiger partial charge in [0.25, 0.3) is 0 Å². The van der Waals surface area contributed by atoms with Crippen LogP contribution in [0.15, 0.2) is 0 Å². The molecule has 0 aliphatic rings. The Hall–Kier alpha value is 0.350. The Morgan fingerprint density at radius 2 is 1.55 bits per heavy atom. The van der Waals surface area contributed by atoms with Gasteiger partial charge in [0.05, 0.1) is 0 Å². The fourth-order valence-electron chi connectivity index (χ4n) is 0.574. The van der Waals surface area contributed by atoms with Crippen LogP contribution in [0.3, 0.4) is 0 Å². The van der Waals surface area contributed by atoms with Crippen molar-refractivity contribution in [2.75, 3.05) is 5.75 Å². The van der Waals surface area contributed by atoms with E-state index in [0.29, 0.717) is 5.41 Å². The Labute approximate surface area is 76.1 Å². The summed E-state index contributed by atoms with van der Waals surface area (Å²) >= 11 is 2.09. The first-order chi connectivity index (χ1) is 4.83. The highest BCUT2D eigenvalue weighted by atomic mass is 32.2. The molecule has 0 fully saturated rings. The van der Waals surface area contributed by atoms with Crippen LogP contribution in [0.4, 0.5) is 0 Å². The third-order valence-corrected chi connectivity index (χ3v) is 3.82. The number of hydrogen-bond acceptors (Lipinski definition) is 1. The average molecular weight is 174 g/mol. The molecule has 0 rings (SSSR count). The van der Waals surface area contributed by atoms with E-state index >= 15 is 0 Å². The highest BCUT2D eigenvalue weighted by Gasteiger charge is 2.14. The van der Waals surface area contributed by atoms with Crippen molar-refractivity contribution in [3.63, 3.8) is 0 Å². The van der Waals surface area contributed by atoms with Crippen molar-refractivity contribution in [2.24, 2.45) is 11.3 Å². The second kappa shape index (κ2) is 4.39. The first-order valence-corrected chi connectivity index (χ1v) is 5.49. The van der Waals surface area contributed by atoms with Gasteiger partial charge in [-0.15, -0.1) is 0 Å². The smallest absolute Gasteiger partial charge is 0.00419 e. The van der Waals surface area contributed by atoms with Gasteiger partial charge in [0.1, 0.15) is 0 Å². The topological polar surface area (TPSA) is 0 Å². The molecule has 68 valence electrons. The fourth-order valence-corrected chi connectivity index (χ4v) is 1.72. The van der Waals surface area contributed by atoms with E-state index in [1.165, 1.54) is 5.75 Å². The van der Waals surface area contributed by atoms with Crippen LogP contribution in [0.25, 0.3) is 0 Å². The van der Waals surface area contributed by atoms with Crippen LogP contribution < -0.4 is 0 Å². The third-order valence-electron chi connectivity index (χ3n) is 1.72. The van der Waals surface area contributed by atoms with Gasteiger partial charge >= 0.3 is 0 Å². The molecule has 0 heterocycles. The maximum atomic E-state index is 2.32. The molecule has 0 spiro atoms. The average Bonchev–Trinajstić information content (AvgIpc) is 1.80. The van der Waals surface area contributed by atoms with Gasteiger partial charge in [-0.3, -0.25) is 0 Å². The maximum Gasteiger partial charge on any atom is 0.00419 e. The van der Waals surface area contributed by atoms with E-state index in [-0.39, 0.29) is 0 Å². The van der Waals surface area contributed by atoms with E-state index < -0.39 is 0 Å². The van der Waals surface area contributed by atoms with E-state index in [1.54, 1.807) is 0 Å². The van der Waals surface area contributed by atoms with Gasteiger partial charge in [-0.25, -0.2) is 0 Å². The first kappa shape index (κ1) is 11.4. The molecule has 0 aliphatic heterocycles. The largest absolute Gasteiger partial charge is 0.158 e. The summed E-state index contributed by atoms with van der Waals surface area (Å²) in [4.78, 5) is 0.